The number of nitrogens with zero attached hydrogens (tertiary/aromatic N) is 3. The highest BCUT2D eigenvalue weighted by Gasteiger charge is 2.27. The molecule has 1 unspecified atom stereocenters. The Labute approximate surface area is 161 Å². The van der Waals surface area contributed by atoms with Crippen LogP contribution >= 0.6 is 22.9 Å². The maximum atomic E-state index is 12.6. The number of piperidine rings is 1. The van der Waals surface area contributed by atoms with Gasteiger partial charge in [-0.15, -0.1) is 0 Å². The summed E-state index contributed by atoms with van der Waals surface area (Å²) < 4.78 is 0. The SMILES string of the molecule is O=C(NCc1cccc(Cl)c1)C1CCCN(c2nc3cccnc3s2)C1. The van der Waals surface area contributed by atoms with Gasteiger partial charge in [0.05, 0.1) is 5.92 Å². The molecule has 1 aliphatic heterocycles. The molecule has 2 aromatic heterocycles. The van der Waals surface area contributed by atoms with Crippen molar-refractivity contribution in [1.82, 2.24) is 15.3 Å². The minimum absolute atomic E-state index is 0.0251. The normalized spacial score (nSPS) is 17.4. The van der Waals surface area contributed by atoms with Crippen molar-refractivity contribution in [2.45, 2.75) is 19.4 Å². The van der Waals surface area contributed by atoms with Crippen LogP contribution in [0.5, 0.6) is 0 Å². The predicted octanol–water partition coefficient (Wildman–Crippen LogP) is 3.88. The van der Waals surface area contributed by atoms with Crippen molar-refractivity contribution in [3.63, 3.8) is 0 Å². The van der Waals surface area contributed by atoms with E-state index < -0.39 is 0 Å². The molecule has 1 atom stereocenters. The number of carbonyl (C=O) groups is 1. The average molecular weight is 387 g/mol. The van der Waals surface area contributed by atoms with Gasteiger partial charge in [-0.05, 0) is 42.7 Å². The summed E-state index contributed by atoms with van der Waals surface area (Å²) in [6, 6.07) is 11.4. The fourth-order valence-electron chi connectivity index (χ4n) is 3.24. The molecular weight excluding hydrogens is 368 g/mol. The molecule has 3 aromatic rings. The Morgan fingerprint density at radius 3 is 3.12 bits per heavy atom. The summed E-state index contributed by atoms with van der Waals surface area (Å²) in [6.07, 6.45) is 3.67. The van der Waals surface area contributed by atoms with Crippen LogP contribution in [0.3, 0.4) is 0 Å². The molecule has 4 rings (SSSR count). The van der Waals surface area contributed by atoms with Gasteiger partial charge in [0.2, 0.25) is 5.91 Å². The molecule has 26 heavy (non-hydrogen) atoms. The van der Waals surface area contributed by atoms with Gasteiger partial charge in [0, 0.05) is 30.9 Å². The molecule has 134 valence electrons. The number of rotatable bonds is 4. The highest BCUT2D eigenvalue weighted by atomic mass is 35.5. The standard InChI is InChI=1S/C19H19ClN4OS/c20-15-6-1-4-13(10-15)11-22-17(25)14-5-3-9-24(12-14)19-23-16-7-2-8-21-18(16)26-19/h1-2,4,6-8,10,14H,3,5,9,11-12H2,(H,22,25). The summed E-state index contributed by atoms with van der Waals surface area (Å²) in [7, 11) is 0. The molecule has 1 aliphatic rings. The number of hydrogen-bond acceptors (Lipinski definition) is 5. The number of nitrogens with one attached hydrogen (secondary N) is 1. The van der Waals surface area contributed by atoms with Crippen LogP contribution < -0.4 is 10.2 Å². The second-order valence-corrected chi connectivity index (χ2v) is 7.85. The topological polar surface area (TPSA) is 58.1 Å². The van der Waals surface area contributed by atoms with E-state index in [2.05, 4.69) is 20.2 Å². The summed E-state index contributed by atoms with van der Waals surface area (Å²) >= 11 is 7.59. The first-order valence-corrected chi connectivity index (χ1v) is 9.87. The fraction of sp³-hybridized carbons (Fsp3) is 0.316. The van der Waals surface area contributed by atoms with Crippen molar-refractivity contribution in [2.24, 2.45) is 5.92 Å². The van der Waals surface area contributed by atoms with Crippen molar-refractivity contribution in [3.05, 3.63) is 53.2 Å². The van der Waals surface area contributed by atoms with Gasteiger partial charge < -0.3 is 10.2 Å². The minimum Gasteiger partial charge on any atom is -0.352 e. The van der Waals surface area contributed by atoms with Crippen molar-refractivity contribution in [3.8, 4) is 0 Å². The van der Waals surface area contributed by atoms with E-state index in [-0.39, 0.29) is 11.8 Å². The number of amides is 1. The number of benzene rings is 1. The van der Waals surface area contributed by atoms with Crippen LogP contribution in [0, 0.1) is 5.92 Å². The molecule has 1 saturated heterocycles. The Bertz CT molecular complexity index is 896. The first-order chi connectivity index (χ1) is 12.7. The third-order valence-electron chi connectivity index (χ3n) is 4.57. The lowest BCUT2D eigenvalue weighted by atomic mass is 9.97. The molecule has 5 nitrogen and oxygen atoms in total. The predicted molar refractivity (Wildman–Crippen MR) is 106 cm³/mol. The molecular formula is C19H19ClN4OS. The molecule has 0 radical (unpaired) electrons. The zero-order valence-corrected chi connectivity index (χ0v) is 15.8. The number of carbonyl (C=O) groups excluding carboxylic acids is 1. The Hall–Kier alpha value is -2.18. The van der Waals surface area contributed by atoms with Crippen molar-refractivity contribution in [2.75, 3.05) is 18.0 Å². The quantitative estimate of drug-likeness (QED) is 0.739. The largest absolute Gasteiger partial charge is 0.352 e. The number of pyridine rings is 1. The van der Waals surface area contributed by atoms with Crippen molar-refractivity contribution >= 4 is 44.3 Å². The minimum atomic E-state index is -0.0251. The van der Waals surface area contributed by atoms with Crippen LogP contribution in [0.2, 0.25) is 5.02 Å². The third-order valence-corrected chi connectivity index (χ3v) is 5.85. The number of halogens is 1. The van der Waals surface area contributed by atoms with Gasteiger partial charge in [-0.1, -0.05) is 35.1 Å². The summed E-state index contributed by atoms with van der Waals surface area (Å²) in [5.74, 6) is 0.0665. The first kappa shape index (κ1) is 17.2. The number of thiazole rings is 1. The van der Waals surface area contributed by atoms with Gasteiger partial charge in [-0.3, -0.25) is 4.79 Å². The highest BCUT2D eigenvalue weighted by molar-refractivity contribution is 7.21. The second-order valence-electron chi connectivity index (χ2n) is 6.46. The Morgan fingerprint density at radius 2 is 2.27 bits per heavy atom. The average Bonchev–Trinajstić information content (AvgIpc) is 3.10. The van der Waals surface area contributed by atoms with Crippen LogP contribution in [0.25, 0.3) is 10.3 Å². The lowest BCUT2D eigenvalue weighted by molar-refractivity contribution is -0.125. The molecule has 1 fully saturated rings. The smallest absolute Gasteiger partial charge is 0.225 e. The third kappa shape index (κ3) is 3.81. The van der Waals surface area contributed by atoms with Gasteiger partial charge in [0.25, 0.3) is 0 Å². The van der Waals surface area contributed by atoms with Gasteiger partial charge in [-0.25, -0.2) is 9.97 Å². The summed E-state index contributed by atoms with van der Waals surface area (Å²) in [5, 5.41) is 4.68. The maximum absolute atomic E-state index is 12.6. The number of anilines is 1. The first-order valence-electron chi connectivity index (χ1n) is 8.68. The maximum Gasteiger partial charge on any atom is 0.225 e. The number of aromatic nitrogens is 2. The zero-order valence-electron chi connectivity index (χ0n) is 14.2. The van der Waals surface area contributed by atoms with E-state index in [1.54, 1.807) is 17.5 Å². The van der Waals surface area contributed by atoms with Gasteiger partial charge in [-0.2, -0.15) is 0 Å². The Morgan fingerprint density at radius 1 is 1.35 bits per heavy atom. The summed E-state index contributed by atoms with van der Waals surface area (Å²) in [6.45, 7) is 2.13. The van der Waals surface area contributed by atoms with E-state index in [0.29, 0.717) is 18.1 Å². The van der Waals surface area contributed by atoms with Gasteiger partial charge in [0.1, 0.15) is 10.3 Å². The van der Waals surface area contributed by atoms with Crippen LogP contribution in [-0.4, -0.2) is 29.0 Å². The molecule has 3 heterocycles. The van der Waals surface area contributed by atoms with Crippen LogP contribution in [0.4, 0.5) is 5.13 Å². The second kappa shape index (κ2) is 7.60. The lowest BCUT2D eigenvalue weighted by Crippen LogP contribution is -2.42. The van der Waals surface area contributed by atoms with Crippen LogP contribution in [-0.2, 0) is 11.3 Å². The molecule has 0 spiro atoms. The summed E-state index contributed by atoms with van der Waals surface area (Å²) in [5.41, 5.74) is 1.93. The molecule has 1 N–H and O–H groups in total. The number of fused-ring (bicyclic) bond motifs is 1. The van der Waals surface area contributed by atoms with E-state index in [0.717, 1.165) is 40.4 Å². The van der Waals surface area contributed by atoms with Crippen molar-refractivity contribution in [1.29, 1.82) is 0 Å². The van der Waals surface area contributed by atoms with E-state index in [1.165, 1.54) is 0 Å². The molecule has 0 bridgehead atoms. The van der Waals surface area contributed by atoms with Crippen molar-refractivity contribution < 1.29 is 4.79 Å². The Kier molecular flexibility index (Phi) is 5.04. The van der Waals surface area contributed by atoms with Gasteiger partial charge in [0.15, 0.2) is 5.13 Å². The fourth-order valence-corrected chi connectivity index (χ4v) is 4.40. The molecule has 1 aromatic carbocycles. The van der Waals surface area contributed by atoms with Crippen LogP contribution in [0.1, 0.15) is 18.4 Å². The molecule has 0 aliphatic carbocycles. The highest BCUT2D eigenvalue weighted by Crippen LogP contribution is 2.30. The monoisotopic (exact) mass is 386 g/mol. The van der Waals surface area contributed by atoms with Crippen LogP contribution in [0.15, 0.2) is 42.6 Å². The molecule has 7 heteroatoms. The molecule has 0 saturated carbocycles. The van der Waals surface area contributed by atoms with E-state index in [9.17, 15) is 4.79 Å². The summed E-state index contributed by atoms with van der Waals surface area (Å²) in [4.78, 5) is 24.8. The number of hydrogen-bond donors (Lipinski definition) is 1. The van der Waals surface area contributed by atoms with Gasteiger partial charge >= 0.3 is 0 Å². The van der Waals surface area contributed by atoms with E-state index in [4.69, 9.17) is 11.6 Å². The molecule has 1 amide bonds. The van der Waals surface area contributed by atoms with E-state index >= 15 is 0 Å². The van der Waals surface area contributed by atoms with E-state index in [1.807, 2.05) is 36.4 Å². The Balaban J connectivity index is 1.40. The lowest BCUT2D eigenvalue weighted by Gasteiger charge is -2.31. The zero-order chi connectivity index (χ0) is 17.9.